The largest absolute Gasteiger partial charge is 0.447 e. The molecular weight excluding hydrogens is 533 g/mol. The molecule has 1 unspecified atom stereocenters. The standard InChI is InChI=1S/C30H27ClFN5O3/c1-30(22-8-7-20(31)16-23(22)32)39-25-6-2-4-21(28(25)40-30)19-9-13-36(14-10-19)17-26-35-24-5-3-11-34-29(24)37(26)18-27-33-12-15-38-27/h2-8,11-12,15-16,19H,9-10,13-14,17-18H2,1H3. The fourth-order valence-electron chi connectivity index (χ4n) is 5.80. The van der Waals surface area contributed by atoms with Crippen LogP contribution in [0.4, 0.5) is 4.39 Å². The van der Waals surface area contributed by atoms with Crippen molar-refractivity contribution in [3.05, 3.63) is 101 Å². The van der Waals surface area contributed by atoms with Gasteiger partial charge in [0, 0.05) is 23.7 Å². The van der Waals surface area contributed by atoms with E-state index in [1.54, 1.807) is 37.7 Å². The summed E-state index contributed by atoms with van der Waals surface area (Å²) in [5.74, 6) is 1.45. The Kier molecular flexibility index (Phi) is 6.20. The molecule has 2 aromatic carbocycles. The van der Waals surface area contributed by atoms with Gasteiger partial charge in [0.25, 0.3) is 5.79 Å². The highest BCUT2D eigenvalue weighted by molar-refractivity contribution is 6.30. The maximum Gasteiger partial charge on any atom is 0.278 e. The van der Waals surface area contributed by atoms with Crippen LogP contribution in [0.15, 0.2) is 71.6 Å². The summed E-state index contributed by atoms with van der Waals surface area (Å²) in [6.07, 6.45) is 6.90. The number of pyridine rings is 1. The minimum absolute atomic E-state index is 0.292. The summed E-state index contributed by atoms with van der Waals surface area (Å²) in [6.45, 7) is 4.71. The van der Waals surface area contributed by atoms with Crippen molar-refractivity contribution < 1.29 is 18.3 Å². The first kappa shape index (κ1) is 25.0. The van der Waals surface area contributed by atoms with Gasteiger partial charge in [-0.05, 0) is 68.2 Å². The van der Waals surface area contributed by atoms with Gasteiger partial charge in [-0.3, -0.25) is 4.90 Å². The van der Waals surface area contributed by atoms with E-state index in [0.717, 1.165) is 48.5 Å². The number of ether oxygens (including phenoxy) is 2. The van der Waals surface area contributed by atoms with Crippen molar-refractivity contribution in [3.8, 4) is 11.5 Å². The topological polar surface area (TPSA) is 78.4 Å². The van der Waals surface area contributed by atoms with Crippen LogP contribution in [0.5, 0.6) is 11.5 Å². The van der Waals surface area contributed by atoms with Gasteiger partial charge >= 0.3 is 0 Å². The highest BCUT2D eigenvalue weighted by Gasteiger charge is 2.43. The number of piperidine rings is 1. The number of benzene rings is 2. The first-order chi connectivity index (χ1) is 19.5. The lowest BCUT2D eigenvalue weighted by molar-refractivity contribution is -0.0712. The number of nitrogens with zero attached hydrogens (tertiary/aromatic N) is 5. The van der Waals surface area contributed by atoms with E-state index in [0.29, 0.717) is 47.0 Å². The normalized spacial score (nSPS) is 19.5. The summed E-state index contributed by atoms with van der Waals surface area (Å²) in [6, 6.07) is 14.4. The molecule has 5 aromatic rings. The second-order valence-corrected chi connectivity index (χ2v) is 10.8. The first-order valence-electron chi connectivity index (χ1n) is 13.3. The van der Waals surface area contributed by atoms with E-state index < -0.39 is 11.6 Å². The van der Waals surface area contributed by atoms with Crippen LogP contribution in [-0.4, -0.2) is 37.5 Å². The highest BCUT2D eigenvalue weighted by atomic mass is 35.5. The molecule has 10 heteroatoms. The molecule has 2 aliphatic heterocycles. The molecular formula is C30H27ClFN5O3. The van der Waals surface area contributed by atoms with Gasteiger partial charge in [0.1, 0.15) is 30.0 Å². The summed E-state index contributed by atoms with van der Waals surface area (Å²) < 4.78 is 34.9. The van der Waals surface area contributed by atoms with Gasteiger partial charge in [0.2, 0.25) is 5.89 Å². The number of fused-ring (bicyclic) bond motifs is 2. The molecule has 40 heavy (non-hydrogen) atoms. The number of para-hydroxylation sites is 1. The van der Waals surface area contributed by atoms with Gasteiger partial charge in [-0.25, -0.2) is 19.3 Å². The number of imidazole rings is 1. The lowest BCUT2D eigenvalue weighted by atomic mass is 9.88. The zero-order chi connectivity index (χ0) is 27.3. The zero-order valence-electron chi connectivity index (χ0n) is 21.9. The van der Waals surface area contributed by atoms with Crippen LogP contribution < -0.4 is 9.47 Å². The Labute approximate surface area is 235 Å². The molecule has 0 bridgehead atoms. The Balaban J connectivity index is 1.08. The van der Waals surface area contributed by atoms with Crippen molar-refractivity contribution in [3.63, 3.8) is 0 Å². The summed E-state index contributed by atoms with van der Waals surface area (Å²) in [5, 5.41) is 0.331. The molecule has 1 fully saturated rings. The summed E-state index contributed by atoms with van der Waals surface area (Å²) in [5.41, 5.74) is 3.09. The number of hydrogen-bond donors (Lipinski definition) is 0. The molecule has 5 heterocycles. The number of halogens is 2. The quantitative estimate of drug-likeness (QED) is 0.242. The Morgan fingerprint density at radius 3 is 2.70 bits per heavy atom. The van der Waals surface area contributed by atoms with Gasteiger partial charge in [-0.1, -0.05) is 23.7 Å². The summed E-state index contributed by atoms with van der Waals surface area (Å²) >= 11 is 5.97. The third-order valence-corrected chi connectivity index (χ3v) is 8.02. The molecule has 2 aliphatic rings. The molecule has 8 nitrogen and oxygen atoms in total. The summed E-state index contributed by atoms with van der Waals surface area (Å²) in [7, 11) is 0. The van der Waals surface area contributed by atoms with E-state index in [-0.39, 0.29) is 0 Å². The van der Waals surface area contributed by atoms with Crippen molar-refractivity contribution in [1.82, 2.24) is 24.4 Å². The first-order valence-corrected chi connectivity index (χ1v) is 13.7. The predicted octanol–water partition coefficient (Wildman–Crippen LogP) is 6.28. The third kappa shape index (κ3) is 4.49. The van der Waals surface area contributed by atoms with Crippen LogP contribution in [0, 0.1) is 5.82 Å². The zero-order valence-corrected chi connectivity index (χ0v) is 22.6. The van der Waals surface area contributed by atoms with Crippen molar-refractivity contribution in [2.24, 2.45) is 0 Å². The highest BCUT2D eigenvalue weighted by Crippen LogP contribution is 2.49. The third-order valence-electron chi connectivity index (χ3n) is 7.78. The Bertz CT molecular complexity index is 1680. The van der Waals surface area contributed by atoms with Crippen LogP contribution >= 0.6 is 11.6 Å². The minimum Gasteiger partial charge on any atom is -0.447 e. The number of rotatable bonds is 6. The molecule has 0 saturated carbocycles. The summed E-state index contributed by atoms with van der Waals surface area (Å²) in [4.78, 5) is 16.1. The Morgan fingerprint density at radius 1 is 1.02 bits per heavy atom. The lowest BCUT2D eigenvalue weighted by Crippen LogP contribution is -2.34. The van der Waals surface area contributed by atoms with E-state index in [1.165, 1.54) is 6.07 Å². The second-order valence-electron chi connectivity index (χ2n) is 10.4. The molecule has 7 rings (SSSR count). The van der Waals surface area contributed by atoms with Gasteiger partial charge < -0.3 is 18.5 Å². The molecule has 1 atom stereocenters. The van der Waals surface area contributed by atoms with Gasteiger partial charge in [-0.15, -0.1) is 0 Å². The van der Waals surface area contributed by atoms with E-state index >= 15 is 0 Å². The predicted molar refractivity (Wildman–Crippen MR) is 147 cm³/mol. The number of oxazole rings is 1. The SMILES string of the molecule is CC1(c2ccc(Cl)cc2F)Oc2cccc(C3CCN(Cc4nc5cccnc5n4Cc4ncco4)CC3)c2O1. The van der Waals surface area contributed by atoms with Crippen LogP contribution in [-0.2, 0) is 18.9 Å². The van der Waals surface area contributed by atoms with Crippen LogP contribution in [0.3, 0.4) is 0 Å². The average molecular weight is 560 g/mol. The van der Waals surface area contributed by atoms with Crippen LogP contribution in [0.1, 0.15) is 48.5 Å². The molecule has 0 radical (unpaired) electrons. The fraction of sp³-hybridized carbons (Fsp3) is 0.300. The van der Waals surface area contributed by atoms with Gasteiger partial charge in [0.15, 0.2) is 17.1 Å². The van der Waals surface area contributed by atoms with E-state index in [2.05, 4.69) is 25.5 Å². The molecule has 0 N–H and O–H groups in total. The van der Waals surface area contributed by atoms with E-state index in [1.807, 2.05) is 24.3 Å². The molecule has 1 saturated heterocycles. The van der Waals surface area contributed by atoms with Crippen molar-refractivity contribution in [2.45, 2.75) is 44.6 Å². The smallest absolute Gasteiger partial charge is 0.278 e. The maximum absolute atomic E-state index is 14.8. The maximum atomic E-state index is 14.8. The molecule has 204 valence electrons. The van der Waals surface area contributed by atoms with Crippen molar-refractivity contribution >= 4 is 22.8 Å². The number of hydrogen-bond acceptors (Lipinski definition) is 7. The van der Waals surface area contributed by atoms with E-state index in [9.17, 15) is 4.39 Å². The van der Waals surface area contributed by atoms with Crippen LogP contribution in [0.2, 0.25) is 5.02 Å². The second kappa shape index (κ2) is 9.91. The van der Waals surface area contributed by atoms with Crippen LogP contribution in [0.25, 0.3) is 11.2 Å². The number of aromatic nitrogens is 4. The Morgan fingerprint density at radius 2 is 1.90 bits per heavy atom. The van der Waals surface area contributed by atoms with Gasteiger partial charge in [-0.2, -0.15) is 0 Å². The van der Waals surface area contributed by atoms with Crippen molar-refractivity contribution in [1.29, 1.82) is 0 Å². The molecule has 0 spiro atoms. The van der Waals surface area contributed by atoms with E-state index in [4.69, 9.17) is 30.5 Å². The van der Waals surface area contributed by atoms with Gasteiger partial charge in [0.05, 0.1) is 18.3 Å². The monoisotopic (exact) mass is 559 g/mol. The average Bonchev–Trinajstić information content (AvgIpc) is 3.67. The molecule has 3 aromatic heterocycles. The minimum atomic E-state index is -1.26. The number of likely N-dealkylation sites (tertiary alicyclic amines) is 1. The lowest BCUT2D eigenvalue weighted by Gasteiger charge is -2.32. The molecule has 0 aliphatic carbocycles. The van der Waals surface area contributed by atoms with Crippen molar-refractivity contribution in [2.75, 3.05) is 13.1 Å². The molecule has 0 amide bonds. The Hall–Kier alpha value is -3.95. The fourth-order valence-corrected chi connectivity index (χ4v) is 5.96.